The van der Waals surface area contributed by atoms with Crippen LogP contribution in [0.4, 0.5) is 5.69 Å². The number of nitrogens with one attached hydrogen (secondary N) is 1. The van der Waals surface area contributed by atoms with Crippen LogP contribution in [0, 0.1) is 0 Å². The number of fused-ring (bicyclic) bond motifs is 1. The molecule has 3 aromatic carbocycles. The van der Waals surface area contributed by atoms with Crippen LogP contribution < -0.4 is 14.8 Å². The lowest BCUT2D eigenvalue weighted by Crippen LogP contribution is -2.30. The first kappa shape index (κ1) is 26.3. The van der Waals surface area contributed by atoms with E-state index in [0.717, 1.165) is 22.6 Å². The van der Waals surface area contributed by atoms with Gasteiger partial charge in [0.25, 0.3) is 5.91 Å². The molecular formula is C31H26N4O5. The summed E-state index contributed by atoms with van der Waals surface area (Å²) in [6.45, 7) is 1.51. The SMILES string of the molecule is COc1ccc(-c2nc3ccc(C(=O)OC(C)C(=O)Nc4cccnc4)cc3nc2-c2ccc(OC)cc2)cc1. The first-order chi connectivity index (χ1) is 19.4. The zero-order valence-electron chi connectivity index (χ0n) is 22.1. The molecule has 2 heterocycles. The van der Waals surface area contributed by atoms with Crippen molar-refractivity contribution in [1.29, 1.82) is 0 Å². The van der Waals surface area contributed by atoms with Crippen molar-refractivity contribution in [3.63, 3.8) is 0 Å². The zero-order chi connectivity index (χ0) is 28.1. The van der Waals surface area contributed by atoms with Crippen molar-refractivity contribution in [1.82, 2.24) is 15.0 Å². The van der Waals surface area contributed by atoms with E-state index in [9.17, 15) is 9.59 Å². The molecule has 1 N–H and O–H groups in total. The third kappa shape index (κ3) is 5.73. The lowest BCUT2D eigenvalue weighted by atomic mass is 10.0. The Labute approximate surface area is 230 Å². The summed E-state index contributed by atoms with van der Waals surface area (Å²) in [5.41, 5.74) is 4.86. The Hall–Kier alpha value is -5.31. The van der Waals surface area contributed by atoms with Crippen LogP contribution in [0.5, 0.6) is 11.5 Å². The Morgan fingerprint density at radius 2 is 1.38 bits per heavy atom. The van der Waals surface area contributed by atoms with Gasteiger partial charge in [-0.1, -0.05) is 0 Å². The summed E-state index contributed by atoms with van der Waals surface area (Å²) in [5, 5.41) is 2.67. The quantitative estimate of drug-likeness (QED) is 0.258. The summed E-state index contributed by atoms with van der Waals surface area (Å²) in [4.78, 5) is 39.2. The van der Waals surface area contributed by atoms with Gasteiger partial charge in [0.05, 0.1) is 54.1 Å². The van der Waals surface area contributed by atoms with Crippen LogP contribution in [0.25, 0.3) is 33.5 Å². The standard InChI is InChI=1S/C31H26N4O5/c1-19(30(36)33-23-5-4-16-32-18-23)40-31(37)22-10-15-26-27(17-22)35-29(21-8-13-25(39-3)14-9-21)28(34-26)20-6-11-24(38-2)12-7-20/h4-19H,1-3H3,(H,33,36). The van der Waals surface area contributed by atoms with Gasteiger partial charge < -0.3 is 19.5 Å². The maximum Gasteiger partial charge on any atom is 0.338 e. The molecule has 1 unspecified atom stereocenters. The number of pyridine rings is 1. The Bertz CT molecular complexity index is 1660. The van der Waals surface area contributed by atoms with Crippen molar-refractivity contribution in [3.8, 4) is 34.0 Å². The molecule has 0 saturated carbocycles. The molecule has 0 fully saturated rings. The number of aromatic nitrogens is 3. The van der Waals surface area contributed by atoms with Gasteiger partial charge in [-0.2, -0.15) is 0 Å². The maximum atomic E-state index is 12.9. The minimum atomic E-state index is -1.03. The van der Waals surface area contributed by atoms with Gasteiger partial charge in [-0.05, 0) is 85.8 Å². The summed E-state index contributed by atoms with van der Waals surface area (Å²) in [5.74, 6) is 0.334. The molecule has 0 radical (unpaired) electrons. The summed E-state index contributed by atoms with van der Waals surface area (Å²) in [7, 11) is 3.22. The predicted octanol–water partition coefficient (Wildman–Crippen LogP) is 5.56. The second-order valence-electron chi connectivity index (χ2n) is 8.86. The fraction of sp³-hybridized carbons (Fsp3) is 0.129. The molecular weight excluding hydrogens is 508 g/mol. The molecule has 40 heavy (non-hydrogen) atoms. The molecule has 0 aliphatic heterocycles. The number of benzene rings is 3. The molecule has 5 aromatic rings. The third-order valence-corrected chi connectivity index (χ3v) is 6.21. The van der Waals surface area contributed by atoms with Gasteiger partial charge in [0, 0.05) is 17.3 Å². The van der Waals surface area contributed by atoms with E-state index >= 15 is 0 Å². The molecule has 2 aromatic heterocycles. The van der Waals surface area contributed by atoms with E-state index in [1.165, 1.54) is 13.1 Å². The second-order valence-corrected chi connectivity index (χ2v) is 8.86. The zero-order valence-corrected chi connectivity index (χ0v) is 22.1. The highest BCUT2D eigenvalue weighted by Crippen LogP contribution is 2.33. The molecule has 0 spiro atoms. The van der Waals surface area contributed by atoms with E-state index < -0.39 is 18.0 Å². The number of ether oxygens (including phenoxy) is 3. The Balaban J connectivity index is 1.47. The van der Waals surface area contributed by atoms with Gasteiger partial charge in [0.1, 0.15) is 11.5 Å². The van der Waals surface area contributed by atoms with Crippen LogP contribution in [-0.2, 0) is 9.53 Å². The van der Waals surface area contributed by atoms with E-state index in [1.807, 2.05) is 48.5 Å². The van der Waals surface area contributed by atoms with Crippen LogP contribution in [0.2, 0.25) is 0 Å². The molecule has 9 nitrogen and oxygen atoms in total. The molecule has 0 saturated heterocycles. The molecule has 0 aliphatic carbocycles. The highest BCUT2D eigenvalue weighted by molar-refractivity contribution is 5.99. The van der Waals surface area contributed by atoms with E-state index in [2.05, 4.69) is 10.3 Å². The number of amides is 1. The van der Waals surface area contributed by atoms with Crippen LogP contribution >= 0.6 is 0 Å². The van der Waals surface area contributed by atoms with Crippen molar-refractivity contribution < 1.29 is 23.8 Å². The van der Waals surface area contributed by atoms with Crippen molar-refractivity contribution in [2.75, 3.05) is 19.5 Å². The Morgan fingerprint density at radius 1 is 0.775 bits per heavy atom. The molecule has 0 aliphatic rings. The van der Waals surface area contributed by atoms with Gasteiger partial charge in [0.2, 0.25) is 0 Å². The predicted molar refractivity (Wildman–Crippen MR) is 151 cm³/mol. The number of hydrogen-bond donors (Lipinski definition) is 1. The maximum absolute atomic E-state index is 12.9. The van der Waals surface area contributed by atoms with Gasteiger partial charge in [-0.15, -0.1) is 0 Å². The first-order valence-electron chi connectivity index (χ1n) is 12.5. The third-order valence-electron chi connectivity index (χ3n) is 6.21. The lowest BCUT2D eigenvalue weighted by Gasteiger charge is -2.14. The Morgan fingerprint density at radius 3 is 1.93 bits per heavy atom. The van der Waals surface area contributed by atoms with Crippen molar-refractivity contribution in [3.05, 3.63) is 96.8 Å². The van der Waals surface area contributed by atoms with E-state index in [0.29, 0.717) is 28.1 Å². The summed E-state index contributed by atoms with van der Waals surface area (Å²) >= 11 is 0. The molecule has 1 amide bonds. The largest absolute Gasteiger partial charge is 0.497 e. The van der Waals surface area contributed by atoms with E-state index in [4.69, 9.17) is 24.2 Å². The van der Waals surface area contributed by atoms with Crippen LogP contribution in [0.3, 0.4) is 0 Å². The molecule has 1 atom stereocenters. The molecule has 5 rings (SSSR count). The Kier molecular flexibility index (Phi) is 7.63. The number of anilines is 1. The number of methoxy groups -OCH3 is 2. The number of nitrogens with zero attached hydrogens (tertiary/aromatic N) is 3. The minimum absolute atomic E-state index is 0.251. The van der Waals surface area contributed by atoms with Crippen molar-refractivity contribution in [2.24, 2.45) is 0 Å². The van der Waals surface area contributed by atoms with E-state index in [1.54, 1.807) is 50.7 Å². The first-order valence-corrected chi connectivity index (χ1v) is 12.5. The number of hydrogen-bond acceptors (Lipinski definition) is 8. The number of rotatable bonds is 8. The van der Waals surface area contributed by atoms with Crippen molar-refractivity contribution >= 4 is 28.6 Å². The van der Waals surface area contributed by atoms with Crippen molar-refractivity contribution in [2.45, 2.75) is 13.0 Å². The normalized spacial score (nSPS) is 11.5. The minimum Gasteiger partial charge on any atom is -0.497 e. The summed E-state index contributed by atoms with van der Waals surface area (Å²) in [6, 6.07) is 23.4. The monoisotopic (exact) mass is 534 g/mol. The molecule has 9 heteroatoms. The van der Waals surface area contributed by atoms with Crippen LogP contribution in [0.15, 0.2) is 91.3 Å². The second kappa shape index (κ2) is 11.6. The smallest absolute Gasteiger partial charge is 0.338 e. The highest BCUT2D eigenvalue weighted by Gasteiger charge is 2.21. The molecule has 200 valence electrons. The molecule has 0 bridgehead atoms. The lowest BCUT2D eigenvalue weighted by molar-refractivity contribution is -0.123. The fourth-order valence-corrected chi connectivity index (χ4v) is 4.04. The summed E-state index contributed by atoms with van der Waals surface area (Å²) in [6.07, 6.45) is 2.08. The van der Waals surface area contributed by atoms with Crippen LogP contribution in [-0.4, -0.2) is 47.2 Å². The average Bonchev–Trinajstić information content (AvgIpc) is 3.00. The average molecular weight is 535 g/mol. The van der Waals surface area contributed by atoms with Gasteiger partial charge >= 0.3 is 5.97 Å². The number of carbonyl (C=O) groups is 2. The van der Waals surface area contributed by atoms with E-state index in [-0.39, 0.29) is 5.56 Å². The topological polar surface area (TPSA) is 113 Å². The van der Waals surface area contributed by atoms with Gasteiger partial charge in [-0.3, -0.25) is 9.78 Å². The van der Waals surface area contributed by atoms with Gasteiger partial charge in [0.15, 0.2) is 6.10 Å². The highest BCUT2D eigenvalue weighted by atomic mass is 16.5. The van der Waals surface area contributed by atoms with Gasteiger partial charge in [-0.25, -0.2) is 14.8 Å². The number of carbonyl (C=O) groups excluding carboxylic acids is 2. The van der Waals surface area contributed by atoms with Crippen LogP contribution in [0.1, 0.15) is 17.3 Å². The fourth-order valence-electron chi connectivity index (χ4n) is 4.04. The summed E-state index contributed by atoms with van der Waals surface area (Å²) < 4.78 is 16.0. The number of esters is 1.